The van der Waals surface area contributed by atoms with Crippen LogP contribution < -0.4 is 10.6 Å². The molecule has 0 bridgehead atoms. The number of alkyl carbamates (subject to hydrolysis) is 1. The normalized spacial score (nSPS) is 14.2. The number of nitrogens with one attached hydrogen (secondary N) is 2. The number of ether oxygens (including phenoxy) is 2. The summed E-state index contributed by atoms with van der Waals surface area (Å²) in [4.78, 5) is 35.0. The Morgan fingerprint density at radius 3 is 2.12 bits per heavy atom. The van der Waals surface area contributed by atoms with Crippen molar-refractivity contribution in [3.05, 3.63) is 59.7 Å². The van der Waals surface area contributed by atoms with Crippen molar-refractivity contribution in [3.8, 4) is 11.1 Å². The first kappa shape index (κ1) is 24.1. The summed E-state index contributed by atoms with van der Waals surface area (Å²) in [6.45, 7) is -0.457. The summed E-state index contributed by atoms with van der Waals surface area (Å²) < 4.78 is 36.7. The molecule has 10 heteroatoms. The number of methoxy groups -OCH3 is 1. The van der Waals surface area contributed by atoms with E-state index in [0.29, 0.717) is 0 Å². The molecule has 176 valence electrons. The molecule has 0 heterocycles. The van der Waals surface area contributed by atoms with E-state index in [1.54, 1.807) is 0 Å². The number of carboxylic acid groups (broad SMARTS) is 1. The fraction of sp³-hybridized carbons (Fsp3) is 0.348. The Hall–Kier alpha value is -3.53. The van der Waals surface area contributed by atoms with Gasteiger partial charge in [-0.15, -0.1) is 0 Å². The van der Waals surface area contributed by atoms with Gasteiger partial charge < -0.3 is 25.2 Å². The zero-order valence-corrected chi connectivity index (χ0v) is 17.8. The van der Waals surface area contributed by atoms with Gasteiger partial charge in [-0.3, -0.25) is 4.79 Å². The van der Waals surface area contributed by atoms with Gasteiger partial charge in [0.25, 0.3) is 6.43 Å². The Balaban J connectivity index is 1.56. The number of alkyl halides is 2. The highest BCUT2D eigenvalue weighted by molar-refractivity contribution is 5.80. The Kier molecular flexibility index (Phi) is 7.94. The predicted octanol–water partition coefficient (Wildman–Crippen LogP) is 2.76. The number of carboxylic acids is 1. The smallest absolute Gasteiger partial charge is 0.407 e. The highest BCUT2D eigenvalue weighted by Gasteiger charge is 2.31. The van der Waals surface area contributed by atoms with Crippen LogP contribution in [0.3, 0.4) is 0 Å². The fourth-order valence-corrected chi connectivity index (χ4v) is 3.74. The Bertz CT molecular complexity index is 970. The van der Waals surface area contributed by atoms with E-state index in [4.69, 9.17) is 9.84 Å². The second-order valence-corrected chi connectivity index (χ2v) is 7.48. The molecule has 2 amide bonds. The molecule has 2 unspecified atom stereocenters. The number of aliphatic carboxylic acids is 1. The van der Waals surface area contributed by atoms with Crippen LogP contribution in [0.2, 0.25) is 0 Å². The lowest BCUT2D eigenvalue weighted by molar-refractivity contribution is -0.148. The van der Waals surface area contributed by atoms with Crippen molar-refractivity contribution in [2.75, 3.05) is 20.3 Å². The van der Waals surface area contributed by atoms with Gasteiger partial charge in [0.15, 0.2) is 6.10 Å². The van der Waals surface area contributed by atoms with Crippen molar-refractivity contribution >= 4 is 18.0 Å². The first-order chi connectivity index (χ1) is 15.8. The van der Waals surface area contributed by atoms with E-state index < -0.39 is 49.5 Å². The van der Waals surface area contributed by atoms with Crippen LogP contribution in [0, 0.1) is 0 Å². The lowest BCUT2D eigenvalue weighted by Crippen LogP contribution is -2.45. The largest absolute Gasteiger partial charge is 0.479 e. The van der Waals surface area contributed by atoms with Gasteiger partial charge >= 0.3 is 12.1 Å². The summed E-state index contributed by atoms with van der Waals surface area (Å²) >= 11 is 0. The second kappa shape index (κ2) is 10.9. The monoisotopic (exact) mass is 462 g/mol. The molecule has 8 nitrogen and oxygen atoms in total. The SMILES string of the molecule is COC(CNC(=O)CC(NC(=O)OCC1c2ccccc2-c2ccccc21)C(F)F)C(=O)O. The zero-order chi connectivity index (χ0) is 24.0. The van der Waals surface area contributed by atoms with Crippen LogP contribution in [0.15, 0.2) is 48.5 Å². The van der Waals surface area contributed by atoms with Crippen LogP contribution in [0.4, 0.5) is 13.6 Å². The van der Waals surface area contributed by atoms with E-state index in [-0.39, 0.29) is 12.5 Å². The molecular weight excluding hydrogens is 438 g/mol. The van der Waals surface area contributed by atoms with E-state index in [1.165, 1.54) is 0 Å². The van der Waals surface area contributed by atoms with Crippen molar-refractivity contribution in [2.24, 2.45) is 0 Å². The van der Waals surface area contributed by atoms with Gasteiger partial charge in [-0.25, -0.2) is 18.4 Å². The molecule has 0 fully saturated rings. The number of amides is 2. The van der Waals surface area contributed by atoms with E-state index in [1.807, 2.05) is 53.8 Å². The molecule has 0 spiro atoms. The zero-order valence-electron chi connectivity index (χ0n) is 17.8. The Morgan fingerprint density at radius 2 is 1.61 bits per heavy atom. The fourth-order valence-electron chi connectivity index (χ4n) is 3.74. The molecule has 2 aromatic carbocycles. The predicted molar refractivity (Wildman–Crippen MR) is 114 cm³/mol. The van der Waals surface area contributed by atoms with Crippen LogP contribution >= 0.6 is 0 Å². The minimum atomic E-state index is -3.03. The van der Waals surface area contributed by atoms with Gasteiger partial charge in [-0.2, -0.15) is 0 Å². The minimum absolute atomic E-state index is 0.0594. The Labute approximate surface area is 188 Å². The van der Waals surface area contributed by atoms with Gasteiger partial charge in [0.1, 0.15) is 12.6 Å². The van der Waals surface area contributed by atoms with Crippen LogP contribution in [0.1, 0.15) is 23.5 Å². The third-order valence-electron chi connectivity index (χ3n) is 5.40. The molecule has 2 aromatic rings. The summed E-state index contributed by atoms with van der Waals surface area (Å²) in [5, 5.41) is 13.1. The average molecular weight is 462 g/mol. The molecule has 3 N–H and O–H groups in total. The number of benzene rings is 2. The molecule has 2 atom stereocenters. The maximum Gasteiger partial charge on any atom is 0.407 e. The van der Waals surface area contributed by atoms with Crippen LogP contribution in [0.25, 0.3) is 11.1 Å². The quantitative estimate of drug-likeness (QED) is 0.500. The number of carbonyl (C=O) groups is 3. The number of fused-ring (bicyclic) bond motifs is 3. The van der Waals surface area contributed by atoms with Gasteiger partial charge in [0, 0.05) is 13.0 Å². The van der Waals surface area contributed by atoms with Crippen molar-refractivity contribution in [1.82, 2.24) is 10.6 Å². The van der Waals surface area contributed by atoms with E-state index in [9.17, 15) is 23.2 Å². The molecule has 3 rings (SSSR count). The maximum atomic E-state index is 13.4. The highest BCUT2D eigenvalue weighted by Crippen LogP contribution is 2.44. The molecule has 33 heavy (non-hydrogen) atoms. The number of halogens is 2. The van der Waals surface area contributed by atoms with Gasteiger partial charge in [0.2, 0.25) is 5.91 Å². The van der Waals surface area contributed by atoms with Gasteiger partial charge in [0.05, 0.1) is 13.0 Å². The molecule has 1 aliphatic carbocycles. The maximum absolute atomic E-state index is 13.4. The minimum Gasteiger partial charge on any atom is -0.479 e. The van der Waals surface area contributed by atoms with Crippen LogP contribution in [-0.2, 0) is 19.1 Å². The molecule has 0 aromatic heterocycles. The summed E-state index contributed by atoms with van der Waals surface area (Å²) in [7, 11) is 1.14. The summed E-state index contributed by atoms with van der Waals surface area (Å²) in [6, 6.07) is 13.6. The van der Waals surface area contributed by atoms with Crippen molar-refractivity contribution in [3.63, 3.8) is 0 Å². The summed E-state index contributed by atoms with van der Waals surface area (Å²) in [6.07, 6.45) is -6.17. The van der Waals surface area contributed by atoms with Gasteiger partial charge in [-0.1, -0.05) is 48.5 Å². The molecule has 0 radical (unpaired) electrons. The first-order valence-corrected chi connectivity index (χ1v) is 10.2. The van der Waals surface area contributed by atoms with E-state index >= 15 is 0 Å². The molecule has 0 saturated carbocycles. The number of rotatable bonds is 10. The van der Waals surface area contributed by atoms with Crippen LogP contribution in [0.5, 0.6) is 0 Å². The third kappa shape index (κ3) is 5.83. The number of hydrogen-bond donors (Lipinski definition) is 3. The average Bonchev–Trinajstić information content (AvgIpc) is 3.11. The Morgan fingerprint density at radius 1 is 1.03 bits per heavy atom. The first-order valence-electron chi connectivity index (χ1n) is 10.2. The lowest BCUT2D eigenvalue weighted by atomic mass is 9.98. The topological polar surface area (TPSA) is 114 Å². The lowest BCUT2D eigenvalue weighted by Gasteiger charge is -2.19. The van der Waals surface area contributed by atoms with Crippen molar-refractivity contribution in [2.45, 2.75) is 30.9 Å². The summed E-state index contributed by atoms with van der Waals surface area (Å²) in [5.41, 5.74) is 4.00. The molecule has 1 aliphatic rings. The number of carbonyl (C=O) groups excluding carboxylic acids is 2. The third-order valence-corrected chi connectivity index (χ3v) is 5.40. The summed E-state index contributed by atoms with van der Waals surface area (Å²) in [5.74, 6) is -2.40. The molecule has 0 aliphatic heterocycles. The van der Waals surface area contributed by atoms with Gasteiger partial charge in [-0.05, 0) is 22.3 Å². The molecular formula is C23H24F2N2O6. The number of hydrogen-bond acceptors (Lipinski definition) is 5. The van der Waals surface area contributed by atoms with Crippen molar-refractivity contribution in [1.29, 1.82) is 0 Å². The van der Waals surface area contributed by atoms with E-state index in [0.717, 1.165) is 29.4 Å². The second-order valence-electron chi connectivity index (χ2n) is 7.48. The standard InChI is InChI=1S/C23H24F2N2O6/c1-32-19(22(29)30)11-26-20(28)10-18(21(24)25)27-23(31)33-12-17-15-8-4-2-6-13(15)14-7-3-5-9-16(14)17/h2-9,17-19,21H,10-12H2,1H3,(H,26,28)(H,27,31)(H,29,30). The van der Waals surface area contributed by atoms with Crippen LogP contribution in [-0.4, -0.2) is 61.9 Å². The van der Waals surface area contributed by atoms with Crippen molar-refractivity contribution < 1.29 is 37.7 Å². The highest BCUT2D eigenvalue weighted by atomic mass is 19.3. The molecule has 0 saturated heterocycles. The van der Waals surface area contributed by atoms with E-state index in [2.05, 4.69) is 10.1 Å².